The van der Waals surface area contributed by atoms with Crippen molar-refractivity contribution in [2.45, 2.75) is 59.3 Å². The highest BCUT2D eigenvalue weighted by molar-refractivity contribution is 5.80. The van der Waals surface area contributed by atoms with Gasteiger partial charge in [-0.15, -0.1) is 0 Å². The quantitative estimate of drug-likeness (QED) is 0.423. The van der Waals surface area contributed by atoms with Crippen molar-refractivity contribution in [3.05, 3.63) is 0 Å². The summed E-state index contributed by atoms with van der Waals surface area (Å²) in [6.07, 6.45) is 6.74. The Hall–Kier alpha value is -1.26. The highest BCUT2D eigenvalue weighted by Gasteiger charge is 2.27. The molecule has 0 aromatic rings. The van der Waals surface area contributed by atoms with Crippen molar-refractivity contribution < 1.29 is 9.53 Å². The van der Waals surface area contributed by atoms with Crippen LogP contribution in [0.25, 0.3) is 0 Å². The Balaban J connectivity index is 2.40. The van der Waals surface area contributed by atoms with Crippen LogP contribution in [-0.4, -0.2) is 50.1 Å². The minimum absolute atomic E-state index is 0.0410. The first-order chi connectivity index (χ1) is 11.2. The van der Waals surface area contributed by atoms with Crippen molar-refractivity contribution in [3.8, 4) is 0 Å². The van der Waals surface area contributed by atoms with Gasteiger partial charge in [0.1, 0.15) is 0 Å². The van der Waals surface area contributed by atoms with E-state index in [1.807, 2.05) is 14.0 Å². The lowest BCUT2D eigenvalue weighted by Crippen LogP contribution is -2.47. The summed E-state index contributed by atoms with van der Waals surface area (Å²) >= 11 is 0. The molecule has 0 radical (unpaired) electrons. The first kappa shape index (κ1) is 19.8. The Labute approximate surface area is 141 Å². The molecule has 1 saturated heterocycles. The molecule has 1 aliphatic heterocycles. The van der Waals surface area contributed by atoms with Gasteiger partial charge in [0.05, 0.1) is 12.5 Å². The molecule has 1 rings (SSSR count). The lowest BCUT2D eigenvalue weighted by Gasteiger charge is -2.33. The van der Waals surface area contributed by atoms with Crippen LogP contribution < -0.4 is 5.32 Å². The highest BCUT2D eigenvalue weighted by Crippen LogP contribution is 2.19. The molecule has 0 aromatic carbocycles. The number of aliphatic imine (C=N–C) groups is 1. The molecule has 134 valence electrons. The average Bonchev–Trinajstić information content (AvgIpc) is 2.58. The number of carbonyl (C=O) groups is 1. The van der Waals surface area contributed by atoms with E-state index in [-0.39, 0.29) is 11.9 Å². The maximum absolute atomic E-state index is 11.8. The van der Waals surface area contributed by atoms with Crippen LogP contribution in [0.2, 0.25) is 0 Å². The number of unbranched alkanes of at least 4 members (excludes halogenated alkanes) is 1. The zero-order valence-corrected chi connectivity index (χ0v) is 15.4. The fourth-order valence-electron chi connectivity index (χ4n) is 3.10. The summed E-state index contributed by atoms with van der Waals surface area (Å²) in [6.45, 7) is 9.56. The molecule has 5 nitrogen and oxygen atoms in total. The van der Waals surface area contributed by atoms with Crippen LogP contribution in [-0.2, 0) is 9.53 Å². The van der Waals surface area contributed by atoms with Crippen LogP contribution in [0.15, 0.2) is 4.99 Å². The van der Waals surface area contributed by atoms with Gasteiger partial charge in [-0.3, -0.25) is 9.79 Å². The average molecular weight is 325 g/mol. The summed E-state index contributed by atoms with van der Waals surface area (Å²) in [5, 5.41) is 3.53. The molecule has 1 fully saturated rings. The smallest absolute Gasteiger partial charge is 0.309 e. The first-order valence-corrected chi connectivity index (χ1v) is 9.28. The Kier molecular flexibility index (Phi) is 9.72. The van der Waals surface area contributed by atoms with E-state index in [4.69, 9.17) is 4.74 Å². The molecular formula is C18H35N3O2. The van der Waals surface area contributed by atoms with Crippen molar-refractivity contribution in [1.29, 1.82) is 0 Å². The Bertz CT molecular complexity index is 363. The summed E-state index contributed by atoms with van der Waals surface area (Å²) < 4.78 is 5.13. The van der Waals surface area contributed by atoms with Gasteiger partial charge in [-0.25, -0.2) is 0 Å². The summed E-state index contributed by atoms with van der Waals surface area (Å²) in [4.78, 5) is 18.5. The lowest BCUT2D eigenvalue weighted by molar-refractivity contribution is -0.149. The van der Waals surface area contributed by atoms with E-state index in [9.17, 15) is 4.79 Å². The van der Waals surface area contributed by atoms with Crippen LogP contribution in [0.5, 0.6) is 0 Å². The molecule has 0 aliphatic carbocycles. The lowest BCUT2D eigenvalue weighted by atomic mass is 9.97. The van der Waals surface area contributed by atoms with E-state index >= 15 is 0 Å². The second kappa shape index (κ2) is 11.3. The zero-order valence-electron chi connectivity index (χ0n) is 15.4. The number of guanidine groups is 1. The normalized spacial score (nSPS) is 17.9. The van der Waals surface area contributed by atoms with Crippen LogP contribution in [0.1, 0.15) is 59.3 Å². The maximum Gasteiger partial charge on any atom is 0.309 e. The van der Waals surface area contributed by atoms with Gasteiger partial charge in [0.15, 0.2) is 5.96 Å². The molecule has 1 N–H and O–H groups in total. The van der Waals surface area contributed by atoms with Gasteiger partial charge in [-0.05, 0) is 32.1 Å². The zero-order chi connectivity index (χ0) is 17.1. The van der Waals surface area contributed by atoms with Gasteiger partial charge in [0.2, 0.25) is 0 Å². The van der Waals surface area contributed by atoms with Crippen LogP contribution in [0, 0.1) is 11.8 Å². The number of ether oxygens (including phenoxy) is 1. The van der Waals surface area contributed by atoms with Crippen molar-refractivity contribution in [2.75, 3.05) is 33.3 Å². The number of nitrogens with one attached hydrogen (secondary N) is 1. The molecule has 1 atom stereocenters. The summed E-state index contributed by atoms with van der Waals surface area (Å²) in [7, 11) is 1.84. The van der Waals surface area contributed by atoms with Crippen molar-refractivity contribution >= 4 is 11.9 Å². The number of hydrogen-bond donors (Lipinski definition) is 1. The summed E-state index contributed by atoms with van der Waals surface area (Å²) in [5.41, 5.74) is 0. The molecule has 0 amide bonds. The van der Waals surface area contributed by atoms with Gasteiger partial charge in [0.25, 0.3) is 0 Å². The number of likely N-dealkylation sites (tertiary alicyclic amines) is 1. The largest absolute Gasteiger partial charge is 0.466 e. The third kappa shape index (κ3) is 6.80. The van der Waals surface area contributed by atoms with E-state index < -0.39 is 0 Å². The van der Waals surface area contributed by atoms with Crippen molar-refractivity contribution in [1.82, 2.24) is 10.2 Å². The minimum atomic E-state index is -0.0410. The third-order valence-corrected chi connectivity index (χ3v) is 4.72. The highest BCUT2D eigenvalue weighted by atomic mass is 16.5. The number of nitrogens with zero attached hydrogens (tertiary/aromatic N) is 2. The van der Waals surface area contributed by atoms with E-state index in [2.05, 4.69) is 29.1 Å². The summed E-state index contributed by atoms with van der Waals surface area (Å²) in [5.74, 6) is 1.70. The Morgan fingerprint density at radius 1 is 1.30 bits per heavy atom. The fourth-order valence-corrected chi connectivity index (χ4v) is 3.10. The Morgan fingerprint density at radius 3 is 2.52 bits per heavy atom. The molecule has 23 heavy (non-hydrogen) atoms. The topological polar surface area (TPSA) is 53.9 Å². The SMILES string of the molecule is CCCCC(CC)CNC(=NC)N1CCC(C(=O)OCC)CC1. The van der Waals surface area contributed by atoms with E-state index in [1.165, 1.54) is 25.7 Å². The predicted octanol–water partition coefficient (Wildman–Crippen LogP) is 3.05. The second-order valence-corrected chi connectivity index (χ2v) is 6.36. The number of esters is 1. The monoisotopic (exact) mass is 325 g/mol. The number of piperidine rings is 1. The van der Waals surface area contributed by atoms with Gasteiger partial charge in [0, 0.05) is 26.7 Å². The fraction of sp³-hybridized carbons (Fsp3) is 0.889. The van der Waals surface area contributed by atoms with Crippen LogP contribution >= 0.6 is 0 Å². The molecule has 1 heterocycles. The summed E-state index contributed by atoms with van der Waals surface area (Å²) in [6, 6.07) is 0. The molecular weight excluding hydrogens is 290 g/mol. The number of carbonyl (C=O) groups excluding carboxylic acids is 1. The molecule has 1 unspecified atom stereocenters. The third-order valence-electron chi connectivity index (χ3n) is 4.72. The van der Waals surface area contributed by atoms with Gasteiger partial charge < -0.3 is 15.0 Å². The first-order valence-electron chi connectivity index (χ1n) is 9.28. The van der Waals surface area contributed by atoms with E-state index in [0.29, 0.717) is 12.5 Å². The predicted molar refractivity (Wildman–Crippen MR) is 95.6 cm³/mol. The Morgan fingerprint density at radius 2 is 2.00 bits per heavy atom. The van der Waals surface area contributed by atoms with Crippen molar-refractivity contribution in [2.24, 2.45) is 16.8 Å². The number of hydrogen-bond acceptors (Lipinski definition) is 3. The molecule has 0 spiro atoms. The minimum Gasteiger partial charge on any atom is -0.466 e. The molecule has 0 saturated carbocycles. The van der Waals surface area contributed by atoms with Crippen LogP contribution in [0.3, 0.4) is 0 Å². The van der Waals surface area contributed by atoms with Gasteiger partial charge in [-0.1, -0.05) is 33.1 Å². The number of rotatable bonds is 8. The molecule has 0 bridgehead atoms. The van der Waals surface area contributed by atoms with Crippen molar-refractivity contribution in [3.63, 3.8) is 0 Å². The van der Waals surface area contributed by atoms with Gasteiger partial charge >= 0.3 is 5.97 Å². The standard InChI is InChI=1S/C18H35N3O2/c1-5-8-9-15(6-2)14-20-18(19-4)21-12-10-16(11-13-21)17(22)23-7-3/h15-16H,5-14H2,1-4H3,(H,19,20). The maximum atomic E-state index is 11.8. The van der Waals surface area contributed by atoms with Crippen LogP contribution in [0.4, 0.5) is 0 Å². The molecule has 0 aromatic heterocycles. The molecule has 5 heteroatoms. The van der Waals surface area contributed by atoms with Gasteiger partial charge in [-0.2, -0.15) is 0 Å². The van der Waals surface area contributed by atoms with E-state index in [1.54, 1.807) is 0 Å². The molecule has 1 aliphatic rings. The second-order valence-electron chi connectivity index (χ2n) is 6.36. The van der Waals surface area contributed by atoms with E-state index in [0.717, 1.165) is 38.4 Å².